The van der Waals surface area contributed by atoms with Gasteiger partial charge in [-0.3, -0.25) is 0 Å². The van der Waals surface area contributed by atoms with E-state index in [2.05, 4.69) is 29.4 Å². The third kappa shape index (κ3) is 2.67. The predicted molar refractivity (Wildman–Crippen MR) is 56.2 cm³/mol. The number of rotatable bonds is 5. The van der Waals surface area contributed by atoms with E-state index in [1.54, 1.807) is 0 Å². The SMILES string of the molecule is CCC(CC)Cn1nnnc1C(C)Cl. The summed E-state index contributed by atoms with van der Waals surface area (Å²) in [4.78, 5) is 0. The first-order valence-corrected chi connectivity index (χ1v) is 5.52. The van der Waals surface area contributed by atoms with Crippen molar-refractivity contribution in [1.82, 2.24) is 20.2 Å². The summed E-state index contributed by atoms with van der Waals surface area (Å²) < 4.78 is 1.81. The average molecular weight is 217 g/mol. The van der Waals surface area contributed by atoms with E-state index in [1.165, 1.54) is 0 Å². The molecule has 1 aromatic heterocycles. The molecule has 1 heterocycles. The first-order chi connectivity index (χ1) is 6.69. The third-order valence-corrected chi connectivity index (χ3v) is 2.70. The van der Waals surface area contributed by atoms with E-state index in [9.17, 15) is 0 Å². The zero-order valence-electron chi connectivity index (χ0n) is 8.94. The van der Waals surface area contributed by atoms with Gasteiger partial charge in [0.1, 0.15) is 0 Å². The number of hydrogen-bond acceptors (Lipinski definition) is 3. The van der Waals surface area contributed by atoms with Gasteiger partial charge in [0.2, 0.25) is 0 Å². The number of alkyl halides is 1. The van der Waals surface area contributed by atoms with Gasteiger partial charge < -0.3 is 0 Å². The van der Waals surface area contributed by atoms with Gasteiger partial charge in [0, 0.05) is 6.54 Å². The van der Waals surface area contributed by atoms with Crippen LogP contribution < -0.4 is 0 Å². The molecule has 14 heavy (non-hydrogen) atoms. The number of hydrogen-bond donors (Lipinski definition) is 0. The Morgan fingerprint density at radius 3 is 2.50 bits per heavy atom. The second kappa shape index (κ2) is 5.29. The van der Waals surface area contributed by atoms with Gasteiger partial charge in [-0.05, 0) is 23.3 Å². The second-order valence-corrected chi connectivity index (χ2v) is 4.17. The predicted octanol–water partition coefficient (Wildman–Crippen LogP) is 2.41. The molecule has 0 fully saturated rings. The minimum atomic E-state index is -0.126. The fourth-order valence-electron chi connectivity index (χ4n) is 1.42. The lowest BCUT2D eigenvalue weighted by Crippen LogP contribution is -2.14. The lowest BCUT2D eigenvalue weighted by atomic mass is 10.0. The minimum absolute atomic E-state index is 0.126. The normalized spacial score (nSPS) is 13.5. The molecule has 0 N–H and O–H groups in total. The van der Waals surface area contributed by atoms with Crippen LogP contribution in [0.25, 0.3) is 0 Å². The van der Waals surface area contributed by atoms with Crippen LogP contribution in [-0.4, -0.2) is 20.2 Å². The molecule has 0 aromatic carbocycles. The summed E-state index contributed by atoms with van der Waals surface area (Å²) in [5.74, 6) is 1.39. The van der Waals surface area contributed by atoms with Crippen LogP contribution in [0.15, 0.2) is 0 Å². The topological polar surface area (TPSA) is 43.6 Å². The van der Waals surface area contributed by atoms with E-state index < -0.39 is 0 Å². The zero-order chi connectivity index (χ0) is 10.6. The Balaban J connectivity index is 2.70. The van der Waals surface area contributed by atoms with Gasteiger partial charge in [-0.25, -0.2) is 4.68 Å². The van der Waals surface area contributed by atoms with Gasteiger partial charge in [0.05, 0.1) is 5.38 Å². The van der Waals surface area contributed by atoms with Gasteiger partial charge in [0.15, 0.2) is 5.82 Å². The zero-order valence-corrected chi connectivity index (χ0v) is 9.70. The Kier molecular flexibility index (Phi) is 4.32. The van der Waals surface area contributed by atoms with E-state index in [0.29, 0.717) is 5.92 Å². The van der Waals surface area contributed by atoms with Crippen molar-refractivity contribution in [2.45, 2.75) is 45.5 Å². The maximum Gasteiger partial charge on any atom is 0.168 e. The highest BCUT2D eigenvalue weighted by atomic mass is 35.5. The van der Waals surface area contributed by atoms with Crippen molar-refractivity contribution in [2.75, 3.05) is 0 Å². The summed E-state index contributed by atoms with van der Waals surface area (Å²) in [6.45, 7) is 7.12. The Morgan fingerprint density at radius 2 is 2.00 bits per heavy atom. The second-order valence-electron chi connectivity index (χ2n) is 3.52. The summed E-state index contributed by atoms with van der Waals surface area (Å²) in [7, 11) is 0. The molecule has 0 aliphatic heterocycles. The van der Waals surface area contributed by atoms with E-state index in [-0.39, 0.29) is 5.38 Å². The number of tetrazole rings is 1. The molecule has 0 spiro atoms. The Labute approximate surface area is 89.6 Å². The van der Waals surface area contributed by atoms with E-state index in [0.717, 1.165) is 25.2 Å². The van der Waals surface area contributed by atoms with Gasteiger partial charge >= 0.3 is 0 Å². The summed E-state index contributed by atoms with van der Waals surface area (Å²) in [6, 6.07) is 0. The first kappa shape index (κ1) is 11.4. The molecule has 0 saturated heterocycles. The summed E-state index contributed by atoms with van der Waals surface area (Å²) >= 11 is 5.96. The molecule has 0 aliphatic carbocycles. The molecule has 1 rings (SSSR count). The molecule has 1 atom stereocenters. The van der Waals surface area contributed by atoms with Gasteiger partial charge in [0.25, 0.3) is 0 Å². The lowest BCUT2D eigenvalue weighted by Gasteiger charge is -2.13. The largest absolute Gasteiger partial charge is 0.228 e. The van der Waals surface area contributed by atoms with Crippen LogP contribution in [0.5, 0.6) is 0 Å². The third-order valence-electron chi connectivity index (χ3n) is 2.50. The van der Waals surface area contributed by atoms with Gasteiger partial charge in [-0.2, -0.15) is 0 Å². The van der Waals surface area contributed by atoms with Gasteiger partial charge in [-0.15, -0.1) is 16.7 Å². The molecule has 0 radical (unpaired) electrons. The smallest absolute Gasteiger partial charge is 0.168 e. The number of halogens is 1. The first-order valence-electron chi connectivity index (χ1n) is 5.09. The number of aromatic nitrogens is 4. The molecule has 4 nitrogen and oxygen atoms in total. The van der Waals surface area contributed by atoms with Crippen molar-refractivity contribution in [3.8, 4) is 0 Å². The molecular formula is C9H17ClN4. The minimum Gasteiger partial charge on any atom is -0.228 e. The highest BCUT2D eigenvalue weighted by Gasteiger charge is 2.14. The molecule has 5 heteroatoms. The van der Waals surface area contributed by atoms with Gasteiger partial charge in [-0.1, -0.05) is 26.7 Å². The van der Waals surface area contributed by atoms with Crippen LogP contribution in [0.4, 0.5) is 0 Å². The van der Waals surface area contributed by atoms with Crippen LogP contribution >= 0.6 is 11.6 Å². The molecular weight excluding hydrogens is 200 g/mol. The molecule has 80 valence electrons. The van der Waals surface area contributed by atoms with Crippen molar-refractivity contribution >= 4 is 11.6 Å². The lowest BCUT2D eigenvalue weighted by molar-refractivity contribution is 0.382. The Morgan fingerprint density at radius 1 is 1.36 bits per heavy atom. The highest BCUT2D eigenvalue weighted by molar-refractivity contribution is 6.20. The molecule has 1 unspecified atom stereocenters. The molecule has 0 bridgehead atoms. The fraction of sp³-hybridized carbons (Fsp3) is 0.889. The van der Waals surface area contributed by atoms with E-state index in [1.807, 2.05) is 11.6 Å². The summed E-state index contributed by atoms with van der Waals surface area (Å²) in [5.41, 5.74) is 0. The van der Waals surface area contributed by atoms with Crippen molar-refractivity contribution in [3.63, 3.8) is 0 Å². The van der Waals surface area contributed by atoms with E-state index in [4.69, 9.17) is 11.6 Å². The molecule has 1 aromatic rings. The maximum atomic E-state index is 5.96. The average Bonchev–Trinajstić information content (AvgIpc) is 2.62. The molecule has 0 amide bonds. The summed E-state index contributed by atoms with van der Waals surface area (Å²) in [5, 5.41) is 11.4. The summed E-state index contributed by atoms with van der Waals surface area (Å²) in [6.07, 6.45) is 2.29. The van der Waals surface area contributed by atoms with Crippen LogP contribution in [0.3, 0.4) is 0 Å². The van der Waals surface area contributed by atoms with Crippen LogP contribution in [0.1, 0.15) is 44.8 Å². The van der Waals surface area contributed by atoms with Crippen LogP contribution in [-0.2, 0) is 6.54 Å². The Hall–Kier alpha value is -0.640. The van der Waals surface area contributed by atoms with Crippen LogP contribution in [0.2, 0.25) is 0 Å². The van der Waals surface area contributed by atoms with Crippen molar-refractivity contribution in [1.29, 1.82) is 0 Å². The highest BCUT2D eigenvalue weighted by Crippen LogP contribution is 2.18. The van der Waals surface area contributed by atoms with Crippen LogP contribution in [0, 0.1) is 5.92 Å². The quantitative estimate of drug-likeness (QED) is 0.710. The van der Waals surface area contributed by atoms with Crippen molar-refractivity contribution < 1.29 is 0 Å². The standard InChI is InChI=1S/C9H17ClN4/c1-4-8(5-2)6-14-9(7(3)10)11-12-13-14/h7-8H,4-6H2,1-3H3. The monoisotopic (exact) mass is 216 g/mol. The molecule has 0 saturated carbocycles. The maximum absolute atomic E-state index is 5.96. The fourth-order valence-corrected chi connectivity index (χ4v) is 1.57. The number of nitrogens with zero attached hydrogens (tertiary/aromatic N) is 4. The molecule has 0 aliphatic rings. The van der Waals surface area contributed by atoms with Crippen molar-refractivity contribution in [2.24, 2.45) is 5.92 Å². The van der Waals surface area contributed by atoms with Crippen molar-refractivity contribution in [3.05, 3.63) is 5.82 Å². The Bertz CT molecular complexity index is 268. The van der Waals surface area contributed by atoms with E-state index >= 15 is 0 Å².